The van der Waals surface area contributed by atoms with Crippen LogP contribution in [0.25, 0.3) is 0 Å². The van der Waals surface area contributed by atoms with Crippen molar-refractivity contribution >= 4 is 11.3 Å². The number of aryl methyl sites for hydroxylation is 3. The Labute approximate surface area is 98.5 Å². The highest BCUT2D eigenvalue weighted by molar-refractivity contribution is 7.11. The van der Waals surface area contributed by atoms with Crippen LogP contribution in [-0.4, -0.2) is 25.2 Å². The fourth-order valence-corrected chi connectivity index (χ4v) is 2.40. The molecule has 0 aromatic carbocycles. The molecule has 2 aromatic rings. The van der Waals surface area contributed by atoms with Crippen molar-refractivity contribution in [3.63, 3.8) is 0 Å². The van der Waals surface area contributed by atoms with E-state index in [0.717, 1.165) is 29.4 Å². The van der Waals surface area contributed by atoms with Gasteiger partial charge in [0.05, 0.1) is 12.2 Å². The van der Waals surface area contributed by atoms with E-state index in [1.807, 2.05) is 11.6 Å². The van der Waals surface area contributed by atoms with Crippen LogP contribution >= 0.6 is 11.3 Å². The molecule has 6 heteroatoms. The fourth-order valence-electron chi connectivity index (χ4n) is 1.48. The van der Waals surface area contributed by atoms with Crippen LogP contribution in [0.15, 0.2) is 0 Å². The molecule has 0 saturated carbocycles. The summed E-state index contributed by atoms with van der Waals surface area (Å²) in [5.74, 6) is 0.938. The lowest BCUT2D eigenvalue weighted by atomic mass is 10.3. The molecule has 2 heterocycles. The molecule has 0 fully saturated rings. The first-order valence-electron chi connectivity index (χ1n) is 5.38. The molecular weight excluding hydrogens is 222 g/mol. The summed E-state index contributed by atoms with van der Waals surface area (Å²) in [5.41, 5.74) is 1.10. The van der Waals surface area contributed by atoms with Gasteiger partial charge in [0.25, 0.3) is 0 Å². The highest BCUT2D eigenvalue weighted by Gasteiger charge is 2.09. The van der Waals surface area contributed by atoms with Gasteiger partial charge in [-0.3, -0.25) is 0 Å². The van der Waals surface area contributed by atoms with E-state index in [4.69, 9.17) is 0 Å². The van der Waals surface area contributed by atoms with Gasteiger partial charge in [-0.1, -0.05) is 6.92 Å². The second kappa shape index (κ2) is 4.69. The summed E-state index contributed by atoms with van der Waals surface area (Å²) in [5, 5.41) is 12.8. The van der Waals surface area contributed by atoms with Crippen molar-refractivity contribution in [1.29, 1.82) is 0 Å². The van der Waals surface area contributed by atoms with Crippen molar-refractivity contribution in [2.45, 2.75) is 40.2 Å². The zero-order chi connectivity index (χ0) is 11.5. The van der Waals surface area contributed by atoms with Gasteiger partial charge in [0.15, 0.2) is 5.82 Å². The Morgan fingerprint density at radius 1 is 1.31 bits per heavy atom. The van der Waals surface area contributed by atoms with Crippen LogP contribution in [0.5, 0.6) is 0 Å². The third-order valence-electron chi connectivity index (χ3n) is 2.44. The van der Waals surface area contributed by atoms with Crippen LogP contribution in [0.3, 0.4) is 0 Å². The molecule has 16 heavy (non-hydrogen) atoms. The van der Waals surface area contributed by atoms with E-state index in [1.54, 1.807) is 11.3 Å². The second-order valence-electron chi connectivity index (χ2n) is 3.75. The van der Waals surface area contributed by atoms with Gasteiger partial charge >= 0.3 is 0 Å². The maximum absolute atomic E-state index is 4.49. The van der Waals surface area contributed by atoms with Crippen molar-refractivity contribution in [2.75, 3.05) is 0 Å². The third kappa shape index (κ3) is 2.27. The van der Waals surface area contributed by atoms with Crippen molar-refractivity contribution in [3.8, 4) is 0 Å². The minimum Gasteiger partial charge on any atom is -0.244 e. The molecule has 2 rings (SSSR count). The summed E-state index contributed by atoms with van der Waals surface area (Å²) in [7, 11) is 0. The maximum atomic E-state index is 4.49. The molecule has 0 aliphatic carbocycles. The molecule has 0 N–H and O–H groups in total. The van der Waals surface area contributed by atoms with E-state index < -0.39 is 0 Å². The van der Waals surface area contributed by atoms with Gasteiger partial charge < -0.3 is 0 Å². The van der Waals surface area contributed by atoms with Crippen LogP contribution in [0.1, 0.15) is 34.7 Å². The molecular formula is C10H15N5S. The minimum atomic E-state index is 0.682. The number of thiazole rings is 1. The Morgan fingerprint density at radius 2 is 2.12 bits per heavy atom. The fraction of sp³-hybridized carbons (Fsp3) is 0.600. The van der Waals surface area contributed by atoms with Gasteiger partial charge in [-0.05, 0) is 30.7 Å². The van der Waals surface area contributed by atoms with E-state index in [9.17, 15) is 0 Å². The second-order valence-corrected chi connectivity index (χ2v) is 5.04. The minimum absolute atomic E-state index is 0.682. The lowest BCUT2D eigenvalue weighted by Crippen LogP contribution is -2.06. The first kappa shape index (κ1) is 11.2. The topological polar surface area (TPSA) is 56.5 Å². The van der Waals surface area contributed by atoms with Gasteiger partial charge in [-0.2, -0.15) is 0 Å². The zero-order valence-electron chi connectivity index (χ0n) is 9.77. The Balaban J connectivity index is 2.16. The Bertz CT molecular complexity index is 454. The molecule has 0 radical (unpaired) electrons. The van der Waals surface area contributed by atoms with Crippen molar-refractivity contribution in [1.82, 2.24) is 25.2 Å². The molecule has 0 aliphatic heterocycles. The normalized spacial score (nSPS) is 10.9. The Hall–Kier alpha value is -1.30. The molecule has 0 spiro atoms. The van der Waals surface area contributed by atoms with Crippen molar-refractivity contribution < 1.29 is 0 Å². The van der Waals surface area contributed by atoms with Crippen LogP contribution < -0.4 is 0 Å². The summed E-state index contributed by atoms with van der Waals surface area (Å²) in [6.45, 7) is 6.92. The molecule has 0 atom stereocenters. The average Bonchev–Trinajstić information content (AvgIpc) is 2.77. The first-order valence-corrected chi connectivity index (χ1v) is 6.20. The molecule has 0 aliphatic rings. The largest absolute Gasteiger partial charge is 0.244 e. The van der Waals surface area contributed by atoms with Gasteiger partial charge in [0.1, 0.15) is 5.01 Å². The number of tetrazole rings is 1. The zero-order valence-corrected chi connectivity index (χ0v) is 10.6. The summed E-state index contributed by atoms with van der Waals surface area (Å²) in [4.78, 5) is 5.75. The van der Waals surface area contributed by atoms with Gasteiger partial charge in [-0.25, -0.2) is 9.67 Å². The van der Waals surface area contributed by atoms with E-state index >= 15 is 0 Å². The summed E-state index contributed by atoms with van der Waals surface area (Å²) < 4.78 is 1.83. The van der Waals surface area contributed by atoms with E-state index in [1.165, 1.54) is 4.88 Å². The quantitative estimate of drug-likeness (QED) is 0.813. The monoisotopic (exact) mass is 237 g/mol. The predicted octanol–water partition coefficient (Wildman–Crippen LogP) is 1.75. The number of hydrogen-bond acceptors (Lipinski definition) is 5. The van der Waals surface area contributed by atoms with E-state index in [2.05, 4.69) is 34.4 Å². The first-order chi connectivity index (χ1) is 7.70. The molecule has 0 bridgehead atoms. The maximum Gasteiger partial charge on any atom is 0.151 e. The Morgan fingerprint density at radius 3 is 2.75 bits per heavy atom. The third-order valence-corrected chi connectivity index (χ3v) is 3.50. The smallest absolute Gasteiger partial charge is 0.151 e. The average molecular weight is 237 g/mol. The van der Waals surface area contributed by atoms with Gasteiger partial charge in [-0.15, -0.1) is 16.4 Å². The molecule has 0 saturated heterocycles. The number of nitrogens with zero attached hydrogens (tertiary/aromatic N) is 5. The standard InChI is InChI=1S/C10H15N5S/c1-4-5-9-12-13-14-15(9)6-10-11-7(2)8(3)16-10/h4-6H2,1-3H3. The molecule has 0 amide bonds. The molecule has 0 unspecified atom stereocenters. The lowest BCUT2D eigenvalue weighted by molar-refractivity contribution is 0.610. The molecule has 86 valence electrons. The van der Waals surface area contributed by atoms with Crippen LogP contribution in [0.4, 0.5) is 0 Å². The lowest BCUT2D eigenvalue weighted by Gasteiger charge is -1.99. The highest BCUT2D eigenvalue weighted by atomic mass is 32.1. The van der Waals surface area contributed by atoms with Crippen LogP contribution in [0.2, 0.25) is 0 Å². The molecule has 2 aromatic heterocycles. The number of aromatic nitrogens is 5. The number of hydrogen-bond donors (Lipinski definition) is 0. The highest BCUT2D eigenvalue weighted by Crippen LogP contribution is 2.17. The van der Waals surface area contributed by atoms with Crippen molar-refractivity contribution in [2.24, 2.45) is 0 Å². The summed E-state index contributed by atoms with van der Waals surface area (Å²) in [6, 6.07) is 0. The predicted molar refractivity (Wildman–Crippen MR) is 62.5 cm³/mol. The summed E-state index contributed by atoms with van der Waals surface area (Å²) in [6.07, 6.45) is 1.96. The Kier molecular flexibility index (Phi) is 3.28. The van der Waals surface area contributed by atoms with Crippen LogP contribution in [-0.2, 0) is 13.0 Å². The van der Waals surface area contributed by atoms with E-state index in [0.29, 0.717) is 6.54 Å². The summed E-state index contributed by atoms with van der Waals surface area (Å²) >= 11 is 1.71. The van der Waals surface area contributed by atoms with Crippen molar-refractivity contribution in [3.05, 3.63) is 21.4 Å². The molecule has 5 nitrogen and oxygen atoms in total. The van der Waals surface area contributed by atoms with E-state index in [-0.39, 0.29) is 0 Å². The van der Waals surface area contributed by atoms with Gasteiger partial charge in [0.2, 0.25) is 0 Å². The van der Waals surface area contributed by atoms with Crippen LogP contribution in [0, 0.1) is 13.8 Å². The SMILES string of the molecule is CCCc1nnnn1Cc1nc(C)c(C)s1. The van der Waals surface area contributed by atoms with Gasteiger partial charge in [0, 0.05) is 11.3 Å². The number of rotatable bonds is 4.